The number of hydrogen-bond donors (Lipinski definition) is 1. The summed E-state index contributed by atoms with van der Waals surface area (Å²) < 4.78 is 5.66. The van der Waals surface area contributed by atoms with Crippen molar-refractivity contribution in [3.63, 3.8) is 0 Å². The lowest BCUT2D eigenvalue weighted by Gasteiger charge is -2.12. The van der Waals surface area contributed by atoms with E-state index in [1.165, 1.54) is 5.56 Å². The average Bonchev–Trinajstić information content (AvgIpc) is 2.47. The van der Waals surface area contributed by atoms with Gasteiger partial charge in [-0.3, -0.25) is 0 Å². The van der Waals surface area contributed by atoms with Crippen molar-refractivity contribution >= 4 is 0 Å². The molecular weight excluding hydrogens is 236 g/mol. The van der Waals surface area contributed by atoms with E-state index >= 15 is 0 Å². The molecule has 0 aliphatic rings. The van der Waals surface area contributed by atoms with E-state index in [9.17, 15) is 0 Å². The van der Waals surface area contributed by atoms with E-state index in [0.717, 1.165) is 12.1 Å². The highest BCUT2D eigenvalue weighted by atomic mass is 16.5. The van der Waals surface area contributed by atoms with Crippen LogP contribution in [0.15, 0.2) is 48.7 Å². The predicted molar refractivity (Wildman–Crippen MR) is 77.1 cm³/mol. The lowest BCUT2D eigenvalue weighted by molar-refractivity contribution is 0.293. The van der Waals surface area contributed by atoms with Gasteiger partial charge in [-0.2, -0.15) is 0 Å². The molecule has 0 aliphatic heterocycles. The fourth-order valence-electron chi connectivity index (χ4n) is 1.89. The molecule has 0 fully saturated rings. The Morgan fingerprint density at radius 2 is 1.95 bits per heavy atom. The maximum Gasteiger partial charge on any atom is 0.213 e. The van der Waals surface area contributed by atoms with Crippen LogP contribution in [0.2, 0.25) is 0 Å². The van der Waals surface area contributed by atoms with Gasteiger partial charge in [0.15, 0.2) is 0 Å². The van der Waals surface area contributed by atoms with Crippen molar-refractivity contribution in [1.29, 1.82) is 0 Å². The van der Waals surface area contributed by atoms with E-state index in [4.69, 9.17) is 4.74 Å². The summed E-state index contributed by atoms with van der Waals surface area (Å²) in [5.74, 6) is 0.663. The first-order valence-electron chi connectivity index (χ1n) is 6.65. The van der Waals surface area contributed by atoms with Crippen LogP contribution in [0.1, 0.15) is 31.0 Å². The number of hydrogen-bond acceptors (Lipinski definition) is 3. The molecule has 0 bridgehead atoms. The topological polar surface area (TPSA) is 34.1 Å². The second kappa shape index (κ2) is 6.90. The van der Waals surface area contributed by atoms with E-state index < -0.39 is 0 Å². The van der Waals surface area contributed by atoms with E-state index in [1.807, 2.05) is 42.6 Å². The lowest BCUT2D eigenvalue weighted by atomic mass is 10.1. The molecule has 0 saturated carbocycles. The van der Waals surface area contributed by atoms with Crippen molar-refractivity contribution in [2.24, 2.45) is 0 Å². The Bertz CT molecular complexity index is 482. The Morgan fingerprint density at radius 1 is 1.16 bits per heavy atom. The van der Waals surface area contributed by atoms with E-state index in [-0.39, 0.29) is 0 Å². The molecule has 19 heavy (non-hydrogen) atoms. The summed E-state index contributed by atoms with van der Waals surface area (Å²) in [7, 11) is 0. The molecule has 2 rings (SSSR count). The van der Waals surface area contributed by atoms with Crippen LogP contribution in [-0.2, 0) is 6.61 Å². The van der Waals surface area contributed by atoms with Gasteiger partial charge in [0.25, 0.3) is 0 Å². The van der Waals surface area contributed by atoms with E-state index in [0.29, 0.717) is 18.5 Å². The third-order valence-corrected chi connectivity index (χ3v) is 3.00. The normalized spacial score (nSPS) is 12.1. The molecule has 1 N–H and O–H groups in total. The van der Waals surface area contributed by atoms with Crippen molar-refractivity contribution in [2.45, 2.75) is 26.5 Å². The minimum absolute atomic E-state index is 0.320. The number of nitrogens with one attached hydrogen (secondary N) is 1. The van der Waals surface area contributed by atoms with Crippen LogP contribution in [0.4, 0.5) is 0 Å². The molecule has 1 atom stereocenters. The number of pyridine rings is 1. The number of nitrogens with zero attached hydrogens (tertiary/aromatic N) is 1. The van der Waals surface area contributed by atoms with Gasteiger partial charge in [-0.1, -0.05) is 43.3 Å². The summed E-state index contributed by atoms with van der Waals surface area (Å²) >= 11 is 0. The zero-order valence-electron chi connectivity index (χ0n) is 11.5. The summed E-state index contributed by atoms with van der Waals surface area (Å²) in [6.45, 7) is 5.73. The molecule has 0 amide bonds. The molecule has 0 spiro atoms. The van der Waals surface area contributed by atoms with Crippen LogP contribution in [0.25, 0.3) is 0 Å². The summed E-state index contributed by atoms with van der Waals surface area (Å²) in [6.07, 6.45) is 1.87. The molecule has 100 valence electrons. The first kappa shape index (κ1) is 13.6. The van der Waals surface area contributed by atoms with E-state index in [1.54, 1.807) is 0 Å². The highest BCUT2D eigenvalue weighted by molar-refractivity contribution is 5.21. The van der Waals surface area contributed by atoms with Crippen LogP contribution in [0, 0.1) is 0 Å². The number of ether oxygens (including phenoxy) is 1. The Morgan fingerprint density at radius 3 is 2.58 bits per heavy atom. The maximum atomic E-state index is 5.66. The fraction of sp³-hybridized carbons (Fsp3) is 0.312. The third-order valence-electron chi connectivity index (χ3n) is 3.00. The van der Waals surface area contributed by atoms with Crippen LogP contribution in [0.3, 0.4) is 0 Å². The zero-order valence-corrected chi connectivity index (χ0v) is 11.5. The van der Waals surface area contributed by atoms with Crippen molar-refractivity contribution in [3.8, 4) is 5.88 Å². The van der Waals surface area contributed by atoms with Crippen LogP contribution < -0.4 is 10.1 Å². The molecular formula is C16H20N2O. The van der Waals surface area contributed by atoms with Gasteiger partial charge in [0.05, 0.1) is 0 Å². The largest absolute Gasteiger partial charge is 0.473 e. The number of benzene rings is 1. The molecule has 0 aliphatic carbocycles. The summed E-state index contributed by atoms with van der Waals surface area (Å²) in [5, 5.41) is 3.36. The Hall–Kier alpha value is -1.87. The molecule has 3 heteroatoms. The van der Waals surface area contributed by atoms with Crippen molar-refractivity contribution in [2.75, 3.05) is 6.54 Å². The average molecular weight is 256 g/mol. The molecule has 2 aromatic rings. The van der Waals surface area contributed by atoms with Gasteiger partial charge in [-0.15, -0.1) is 0 Å². The lowest BCUT2D eigenvalue weighted by Crippen LogP contribution is -2.17. The molecule has 1 aromatic heterocycles. The van der Waals surface area contributed by atoms with Gasteiger partial charge in [-0.25, -0.2) is 4.98 Å². The quantitative estimate of drug-likeness (QED) is 0.860. The van der Waals surface area contributed by atoms with Crippen molar-refractivity contribution in [1.82, 2.24) is 10.3 Å². The Labute approximate surface area is 114 Å². The van der Waals surface area contributed by atoms with Gasteiger partial charge >= 0.3 is 0 Å². The smallest absolute Gasteiger partial charge is 0.213 e. The van der Waals surface area contributed by atoms with Gasteiger partial charge in [0.1, 0.15) is 6.61 Å². The van der Waals surface area contributed by atoms with Crippen LogP contribution in [0.5, 0.6) is 5.88 Å². The Balaban J connectivity index is 1.92. The monoisotopic (exact) mass is 256 g/mol. The Kier molecular flexibility index (Phi) is 4.93. The SMILES string of the molecule is CCNC(C)c1ccc(OCc2ccccc2)nc1. The fourth-order valence-corrected chi connectivity index (χ4v) is 1.89. The second-order valence-corrected chi connectivity index (χ2v) is 4.48. The first-order chi connectivity index (χ1) is 9.29. The molecule has 1 unspecified atom stereocenters. The third kappa shape index (κ3) is 4.07. The summed E-state index contributed by atoms with van der Waals surface area (Å²) in [5.41, 5.74) is 2.32. The van der Waals surface area contributed by atoms with Crippen molar-refractivity contribution in [3.05, 3.63) is 59.8 Å². The molecule has 0 saturated heterocycles. The van der Waals surface area contributed by atoms with Crippen LogP contribution >= 0.6 is 0 Å². The first-order valence-corrected chi connectivity index (χ1v) is 6.65. The highest BCUT2D eigenvalue weighted by Gasteiger charge is 2.04. The number of aromatic nitrogens is 1. The molecule has 1 heterocycles. The van der Waals surface area contributed by atoms with Gasteiger partial charge < -0.3 is 10.1 Å². The second-order valence-electron chi connectivity index (χ2n) is 4.48. The number of rotatable bonds is 6. The molecule has 0 radical (unpaired) electrons. The summed E-state index contributed by atoms with van der Waals surface area (Å²) in [6, 6.07) is 14.4. The van der Waals surface area contributed by atoms with E-state index in [2.05, 4.69) is 30.2 Å². The van der Waals surface area contributed by atoms with Gasteiger partial charge in [-0.05, 0) is 24.6 Å². The zero-order chi connectivity index (χ0) is 13.5. The minimum atomic E-state index is 0.320. The van der Waals surface area contributed by atoms with Crippen molar-refractivity contribution < 1.29 is 4.74 Å². The molecule has 3 nitrogen and oxygen atoms in total. The highest BCUT2D eigenvalue weighted by Crippen LogP contribution is 2.15. The molecule has 1 aromatic carbocycles. The maximum absolute atomic E-state index is 5.66. The minimum Gasteiger partial charge on any atom is -0.473 e. The summed E-state index contributed by atoms with van der Waals surface area (Å²) in [4.78, 5) is 4.33. The standard InChI is InChI=1S/C16H20N2O/c1-3-17-13(2)15-9-10-16(18-11-15)19-12-14-7-5-4-6-8-14/h4-11,13,17H,3,12H2,1-2H3. The van der Waals surface area contributed by atoms with Crippen LogP contribution in [-0.4, -0.2) is 11.5 Å². The predicted octanol–water partition coefficient (Wildman–Crippen LogP) is 3.33. The van der Waals surface area contributed by atoms with Gasteiger partial charge in [0.2, 0.25) is 5.88 Å². The van der Waals surface area contributed by atoms with Gasteiger partial charge in [0, 0.05) is 18.3 Å².